The molecule has 0 spiro atoms. The summed E-state index contributed by atoms with van der Waals surface area (Å²) >= 11 is 0. The Labute approximate surface area is 115 Å². The third-order valence-corrected chi connectivity index (χ3v) is 3.83. The van der Waals surface area contributed by atoms with Crippen LogP contribution in [0.2, 0.25) is 0 Å². The summed E-state index contributed by atoms with van der Waals surface area (Å²) in [4.78, 5) is 23.1. The molecule has 2 N–H and O–H groups in total. The molecule has 2 aromatic rings. The first-order chi connectivity index (χ1) is 9.58. The molecule has 5 nitrogen and oxygen atoms in total. The number of carbonyl (C=O) groups excluding carboxylic acids is 1. The lowest BCUT2D eigenvalue weighted by molar-refractivity contribution is -0.139. The third-order valence-electron chi connectivity index (χ3n) is 3.83. The fourth-order valence-electron chi connectivity index (χ4n) is 2.64. The third kappa shape index (κ3) is 2.27. The second kappa shape index (κ2) is 4.67. The number of nitrogens with one attached hydrogen (secondary N) is 1. The van der Waals surface area contributed by atoms with Gasteiger partial charge >= 0.3 is 5.97 Å². The normalized spacial score (nSPS) is 16.6. The zero-order chi connectivity index (χ0) is 14.2. The zero-order valence-electron chi connectivity index (χ0n) is 10.9. The van der Waals surface area contributed by atoms with Gasteiger partial charge in [-0.05, 0) is 31.4 Å². The fraction of sp³-hybridized carbons (Fsp3) is 0.333. The molecular weight excluding hydrogens is 258 g/mol. The van der Waals surface area contributed by atoms with Crippen LogP contribution in [0, 0.1) is 0 Å². The number of amides is 1. The van der Waals surface area contributed by atoms with E-state index in [1.165, 1.54) is 0 Å². The number of rotatable bonds is 4. The van der Waals surface area contributed by atoms with Gasteiger partial charge in [-0.3, -0.25) is 9.59 Å². The number of para-hydroxylation sites is 1. The van der Waals surface area contributed by atoms with Gasteiger partial charge in [0.25, 0.3) is 5.91 Å². The SMILES string of the molecule is O=C(O)CC1(NC(=O)c2cc3ccccc3o2)CCC1. The van der Waals surface area contributed by atoms with Crippen molar-refractivity contribution in [1.82, 2.24) is 5.32 Å². The van der Waals surface area contributed by atoms with Crippen LogP contribution in [0.15, 0.2) is 34.7 Å². The van der Waals surface area contributed by atoms with E-state index in [4.69, 9.17) is 9.52 Å². The maximum atomic E-state index is 12.2. The van der Waals surface area contributed by atoms with Gasteiger partial charge in [0.15, 0.2) is 5.76 Å². The van der Waals surface area contributed by atoms with Crippen molar-refractivity contribution in [1.29, 1.82) is 0 Å². The highest BCUT2D eigenvalue weighted by molar-refractivity contribution is 5.96. The van der Waals surface area contributed by atoms with Crippen LogP contribution in [0.4, 0.5) is 0 Å². The highest BCUT2D eigenvalue weighted by atomic mass is 16.4. The first-order valence-electron chi connectivity index (χ1n) is 6.61. The van der Waals surface area contributed by atoms with Crippen molar-refractivity contribution < 1.29 is 19.1 Å². The van der Waals surface area contributed by atoms with E-state index >= 15 is 0 Å². The smallest absolute Gasteiger partial charge is 0.305 e. The van der Waals surface area contributed by atoms with Crippen LogP contribution < -0.4 is 5.32 Å². The number of furan rings is 1. The van der Waals surface area contributed by atoms with Crippen molar-refractivity contribution in [2.24, 2.45) is 0 Å². The summed E-state index contributed by atoms with van der Waals surface area (Å²) in [6.07, 6.45) is 2.29. The number of carbonyl (C=O) groups is 2. The summed E-state index contributed by atoms with van der Waals surface area (Å²) in [7, 11) is 0. The molecule has 0 aliphatic heterocycles. The highest BCUT2D eigenvalue weighted by Gasteiger charge is 2.40. The monoisotopic (exact) mass is 273 g/mol. The van der Waals surface area contributed by atoms with Crippen molar-refractivity contribution in [3.63, 3.8) is 0 Å². The number of carboxylic acids is 1. The Morgan fingerprint density at radius 3 is 2.65 bits per heavy atom. The molecule has 5 heteroatoms. The Kier molecular flexibility index (Phi) is 2.97. The summed E-state index contributed by atoms with van der Waals surface area (Å²) in [5, 5.41) is 12.6. The van der Waals surface area contributed by atoms with Crippen LogP contribution in [-0.4, -0.2) is 22.5 Å². The van der Waals surface area contributed by atoms with E-state index < -0.39 is 11.5 Å². The number of benzene rings is 1. The topological polar surface area (TPSA) is 79.5 Å². The van der Waals surface area contributed by atoms with Gasteiger partial charge in [-0.2, -0.15) is 0 Å². The van der Waals surface area contributed by atoms with E-state index in [9.17, 15) is 9.59 Å². The molecule has 3 rings (SSSR count). The van der Waals surface area contributed by atoms with Gasteiger partial charge < -0.3 is 14.8 Å². The van der Waals surface area contributed by atoms with E-state index in [1.54, 1.807) is 12.1 Å². The molecule has 1 aliphatic carbocycles. The molecule has 1 aromatic carbocycles. The van der Waals surface area contributed by atoms with Crippen molar-refractivity contribution in [2.75, 3.05) is 0 Å². The van der Waals surface area contributed by atoms with Gasteiger partial charge in [0.05, 0.1) is 12.0 Å². The first-order valence-corrected chi connectivity index (χ1v) is 6.61. The van der Waals surface area contributed by atoms with Crippen molar-refractivity contribution >= 4 is 22.8 Å². The summed E-state index contributed by atoms with van der Waals surface area (Å²) in [6.45, 7) is 0. The van der Waals surface area contributed by atoms with E-state index in [-0.39, 0.29) is 18.1 Å². The second-order valence-electron chi connectivity index (χ2n) is 5.31. The predicted molar refractivity (Wildman–Crippen MR) is 72.5 cm³/mol. The molecule has 104 valence electrons. The Morgan fingerprint density at radius 2 is 2.05 bits per heavy atom. The van der Waals surface area contributed by atoms with Crippen LogP contribution in [0.1, 0.15) is 36.2 Å². The summed E-state index contributed by atoms with van der Waals surface area (Å²) in [5.74, 6) is -1.01. The van der Waals surface area contributed by atoms with E-state index in [0.717, 1.165) is 11.8 Å². The van der Waals surface area contributed by atoms with Gasteiger partial charge in [0, 0.05) is 5.39 Å². The molecule has 20 heavy (non-hydrogen) atoms. The van der Waals surface area contributed by atoms with Crippen molar-refractivity contribution in [3.8, 4) is 0 Å². The van der Waals surface area contributed by atoms with E-state index in [1.807, 2.05) is 18.2 Å². The maximum absolute atomic E-state index is 12.2. The molecule has 0 atom stereocenters. The molecule has 0 radical (unpaired) electrons. The summed E-state index contributed by atoms with van der Waals surface area (Å²) < 4.78 is 5.49. The van der Waals surface area contributed by atoms with Crippen molar-refractivity contribution in [2.45, 2.75) is 31.2 Å². The Bertz CT molecular complexity index is 636. The molecule has 1 aliphatic rings. The van der Waals surface area contributed by atoms with Crippen LogP contribution in [0.5, 0.6) is 0 Å². The molecular formula is C15H15NO4. The highest BCUT2D eigenvalue weighted by Crippen LogP contribution is 2.35. The molecule has 1 heterocycles. The van der Waals surface area contributed by atoms with Crippen LogP contribution in [0.25, 0.3) is 11.0 Å². The largest absolute Gasteiger partial charge is 0.481 e. The Hall–Kier alpha value is -2.30. The summed E-state index contributed by atoms with van der Waals surface area (Å²) in [5.41, 5.74) is 0.0422. The number of aliphatic carboxylic acids is 1. The minimum absolute atomic E-state index is 0.0427. The van der Waals surface area contributed by atoms with E-state index in [0.29, 0.717) is 18.4 Å². The number of hydrogen-bond donors (Lipinski definition) is 2. The number of hydrogen-bond acceptors (Lipinski definition) is 3. The lowest BCUT2D eigenvalue weighted by Crippen LogP contribution is -2.54. The predicted octanol–water partition coefficient (Wildman–Crippen LogP) is 2.56. The minimum Gasteiger partial charge on any atom is -0.481 e. The lowest BCUT2D eigenvalue weighted by atomic mass is 9.74. The summed E-state index contributed by atoms with van der Waals surface area (Å²) in [6, 6.07) is 9.05. The molecule has 1 saturated carbocycles. The van der Waals surface area contributed by atoms with E-state index in [2.05, 4.69) is 5.32 Å². The van der Waals surface area contributed by atoms with Crippen LogP contribution in [-0.2, 0) is 4.79 Å². The van der Waals surface area contributed by atoms with Gasteiger partial charge in [-0.15, -0.1) is 0 Å². The molecule has 0 unspecified atom stereocenters. The molecule has 1 amide bonds. The van der Waals surface area contributed by atoms with Crippen LogP contribution in [0.3, 0.4) is 0 Å². The molecule has 1 fully saturated rings. The van der Waals surface area contributed by atoms with Gasteiger partial charge in [0.1, 0.15) is 5.58 Å². The average molecular weight is 273 g/mol. The van der Waals surface area contributed by atoms with Crippen molar-refractivity contribution in [3.05, 3.63) is 36.1 Å². The van der Waals surface area contributed by atoms with Gasteiger partial charge in [-0.25, -0.2) is 0 Å². The molecule has 0 saturated heterocycles. The molecule has 0 bridgehead atoms. The lowest BCUT2D eigenvalue weighted by Gasteiger charge is -2.41. The van der Waals surface area contributed by atoms with Gasteiger partial charge in [-0.1, -0.05) is 18.2 Å². The quantitative estimate of drug-likeness (QED) is 0.897. The first kappa shape index (κ1) is 12.7. The maximum Gasteiger partial charge on any atom is 0.305 e. The van der Waals surface area contributed by atoms with Crippen LogP contribution >= 0.6 is 0 Å². The zero-order valence-corrected chi connectivity index (χ0v) is 10.9. The standard InChI is InChI=1S/C15H15NO4/c17-13(18)9-15(6-3-7-15)16-14(19)12-8-10-4-1-2-5-11(10)20-12/h1-2,4-5,8H,3,6-7,9H2,(H,16,19)(H,17,18). The molecule has 1 aromatic heterocycles. The Balaban J connectivity index is 1.80. The number of fused-ring (bicyclic) bond motifs is 1. The second-order valence-corrected chi connectivity index (χ2v) is 5.31. The van der Waals surface area contributed by atoms with Gasteiger partial charge in [0.2, 0.25) is 0 Å². The minimum atomic E-state index is -0.894. The number of carboxylic acid groups (broad SMARTS) is 1. The fourth-order valence-corrected chi connectivity index (χ4v) is 2.64. The Morgan fingerprint density at radius 1 is 1.30 bits per heavy atom. The average Bonchev–Trinajstić information content (AvgIpc) is 2.79.